The molecular weight excluding hydrogens is 380 g/mol. The maximum absolute atomic E-state index is 6.03. The molecule has 1 aliphatic rings. The molecule has 158 valence electrons. The van der Waals surface area contributed by atoms with Gasteiger partial charge in [-0.25, -0.2) is 0 Å². The van der Waals surface area contributed by atoms with Crippen molar-refractivity contribution in [1.29, 1.82) is 0 Å². The van der Waals surface area contributed by atoms with Gasteiger partial charge in [0.25, 0.3) is 5.89 Å². The molecular formula is C23H28N4O3. The van der Waals surface area contributed by atoms with Crippen LogP contribution in [0.3, 0.4) is 0 Å². The molecule has 1 aromatic heterocycles. The molecule has 1 saturated heterocycles. The van der Waals surface area contributed by atoms with E-state index in [0.29, 0.717) is 18.4 Å². The molecule has 0 radical (unpaired) electrons. The summed E-state index contributed by atoms with van der Waals surface area (Å²) in [5, 5.41) is 8.01. The van der Waals surface area contributed by atoms with E-state index < -0.39 is 0 Å². The molecule has 7 heteroatoms. The van der Waals surface area contributed by atoms with Crippen molar-refractivity contribution >= 4 is 5.69 Å². The molecule has 0 aliphatic carbocycles. The van der Waals surface area contributed by atoms with Gasteiger partial charge < -0.3 is 18.8 Å². The van der Waals surface area contributed by atoms with E-state index in [2.05, 4.69) is 32.1 Å². The summed E-state index contributed by atoms with van der Waals surface area (Å²) in [4.78, 5) is 4.91. The molecule has 0 spiro atoms. The highest BCUT2D eigenvalue weighted by Gasteiger charge is 2.17. The highest BCUT2D eigenvalue weighted by molar-refractivity contribution is 5.62. The lowest BCUT2D eigenvalue weighted by molar-refractivity contribution is 0.225. The summed E-state index contributed by atoms with van der Waals surface area (Å²) >= 11 is 0. The summed E-state index contributed by atoms with van der Waals surface area (Å²) in [5.74, 6) is 2.73. The third-order valence-electron chi connectivity index (χ3n) is 5.31. The van der Waals surface area contributed by atoms with Gasteiger partial charge >= 0.3 is 0 Å². The standard InChI is InChI=1S/C23H28N4O3/c1-18-24-25-23(30-18)21-9-3-4-10-22(21)29-16-6-11-26-12-14-27(15-13-26)19-7-5-8-20(17-19)28-2/h3-5,7-10,17H,6,11-16H2,1-2H3. The van der Waals surface area contributed by atoms with E-state index >= 15 is 0 Å². The summed E-state index contributed by atoms with van der Waals surface area (Å²) < 4.78 is 16.9. The van der Waals surface area contributed by atoms with Crippen molar-refractivity contribution in [3.63, 3.8) is 0 Å². The van der Waals surface area contributed by atoms with Crippen LogP contribution in [0.25, 0.3) is 11.5 Å². The van der Waals surface area contributed by atoms with Crippen molar-refractivity contribution in [2.24, 2.45) is 0 Å². The number of anilines is 1. The van der Waals surface area contributed by atoms with Crippen molar-refractivity contribution in [3.05, 3.63) is 54.4 Å². The fraction of sp³-hybridized carbons (Fsp3) is 0.391. The van der Waals surface area contributed by atoms with E-state index in [1.165, 1.54) is 5.69 Å². The van der Waals surface area contributed by atoms with Gasteiger partial charge in [0.2, 0.25) is 5.89 Å². The van der Waals surface area contributed by atoms with Crippen LogP contribution in [0.1, 0.15) is 12.3 Å². The summed E-state index contributed by atoms with van der Waals surface area (Å²) in [6, 6.07) is 16.1. The maximum atomic E-state index is 6.03. The molecule has 0 N–H and O–H groups in total. The first-order chi connectivity index (χ1) is 14.7. The molecule has 4 rings (SSSR count). The van der Waals surface area contributed by atoms with Crippen LogP contribution in [-0.2, 0) is 0 Å². The molecule has 1 fully saturated rings. The quantitative estimate of drug-likeness (QED) is 0.527. The Morgan fingerprint density at radius 1 is 1.00 bits per heavy atom. The predicted molar refractivity (Wildman–Crippen MR) is 116 cm³/mol. The Balaban J connectivity index is 1.23. The lowest BCUT2D eigenvalue weighted by Crippen LogP contribution is -2.46. The fourth-order valence-electron chi connectivity index (χ4n) is 3.68. The minimum atomic E-state index is 0.497. The van der Waals surface area contributed by atoms with Crippen LogP contribution in [0.15, 0.2) is 52.9 Å². The molecule has 3 aromatic rings. The van der Waals surface area contributed by atoms with Crippen LogP contribution in [0.4, 0.5) is 5.69 Å². The predicted octanol–water partition coefficient (Wildman–Crippen LogP) is 3.64. The molecule has 1 aliphatic heterocycles. The molecule has 2 heterocycles. The van der Waals surface area contributed by atoms with Gasteiger partial charge in [-0.3, -0.25) is 4.90 Å². The average Bonchev–Trinajstić information content (AvgIpc) is 3.23. The monoisotopic (exact) mass is 408 g/mol. The van der Waals surface area contributed by atoms with Gasteiger partial charge in [-0.1, -0.05) is 18.2 Å². The molecule has 0 saturated carbocycles. The van der Waals surface area contributed by atoms with E-state index in [1.54, 1.807) is 14.0 Å². The second-order valence-corrected chi connectivity index (χ2v) is 7.35. The normalized spacial score (nSPS) is 14.7. The summed E-state index contributed by atoms with van der Waals surface area (Å²) in [7, 11) is 1.71. The van der Waals surface area contributed by atoms with Crippen LogP contribution in [0, 0.1) is 6.92 Å². The molecule has 0 unspecified atom stereocenters. The van der Waals surface area contributed by atoms with Gasteiger partial charge in [-0.15, -0.1) is 10.2 Å². The molecule has 30 heavy (non-hydrogen) atoms. The van der Waals surface area contributed by atoms with Crippen LogP contribution in [-0.4, -0.2) is 61.5 Å². The second kappa shape index (κ2) is 9.63. The first-order valence-corrected chi connectivity index (χ1v) is 10.4. The highest BCUT2D eigenvalue weighted by atomic mass is 16.5. The lowest BCUT2D eigenvalue weighted by atomic mass is 10.2. The molecule has 0 amide bonds. The van der Waals surface area contributed by atoms with Gasteiger partial charge in [0.1, 0.15) is 11.5 Å². The number of methoxy groups -OCH3 is 1. The van der Waals surface area contributed by atoms with Gasteiger partial charge in [0.05, 0.1) is 19.3 Å². The van der Waals surface area contributed by atoms with E-state index in [4.69, 9.17) is 13.9 Å². The zero-order valence-corrected chi connectivity index (χ0v) is 17.6. The summed E-state index contributed by atoms with van der Waals surface area (Å²) in [6.07, 6.45) is 0.969. The Morgan fingerprint density at radius 3 is 2.60 bits per heavy atom. The minimum Gasteiger partial charge on any atom is -0.497 e. The van der Waals surface area contributed by atoms with Gasteiger partial charge in [0.15, 0.2) is 0 Å². The van der Waals surface area contributed by atoms with Crippen LogP contribution in [0.5, 0.6) is 11.5 Å². The zero-order valence-electron chi connectivity index (χ0n) is 17.6. The lowest BCUT2D eigenvalue weighted by Gasteiger charge is -2.36. The van der Waals surface area contributed by atoms with Crippen LogP contribution >= 0.6 is 0 Å². The van der Waals surface area contributed by atoms with Gasteiger partial charge in [0, 0.05) is 51.4 Å². The first kappa shape index (κ1) is 20.2. The van der Waals surface area contributed by atoms with Crippen molar-refractivity contribution < 1.29 is 13.9 Å². The number of nitrogens with zero attached hydrogens (tertiary/aromatic N) is 4. The molecule has 7 nitrogen and oxygen atoms in total. The number of aromatic nitrogens is 2. The number of hydrogen-bond acceptors (Lipinski definition) is 7. The number of para-hydroxylation sites is 1. The van der Waals surface area contributed by atoms with Crippen molar-refractivity contribution in [2.75, 3.05) is 51.3 Å². The fourth-order valence-corrected chi connectivity index (χ4v) is 3.68. The number of aryl methyl sites for hydroxylation is 1. The van der Waals surface area contributed by atoms with Crippen LogP contribution in [0.2, 0.25) is 0 Å². The number of ether oxygens (including phenoxy) is 2. The Morgan fingerprint density at radius 2 is 1.83 bits per heavy atom. The van der Waals surface area contributed by atoms with Crippen LogP contribution < -0.4 is 14.4 Å². The molecule has 2 aromatic carbocycles. The van der Waals surface area contributed by atoms with Gasteiger partial charge in [-0.05, 0) is 30.7 Å². The van der Waals surface area contributed by atoms with E-state index in [-0.39, 0.29) is 0 Å². The maximum Gasteiger partial charge on any atom is 0.251 e. The van der Waals surface area contributed by atoms with E-state index in [1.807, 2.05) is 36.4 Å². The second-order valence-electron chi connectivity index (χ2n) is 7.35. The third kappa shape index (κ3) is 4.91. The molecule has 0 atom stereocenters. The number of hydrogen-bond donors (Lipinski definition) is 0. The smallest absolute Gasteiger partial charge is 0.251 e. The Hall–Kier alpha value is -3.06. The Kier molecular flexibility index (Phi) is 6.49. The summed E-state index contributed by atoms with van der Waals surface area (Å²) in [6.45, 7) is 7.60. The number of benzene rings is 2. The number of piperazine rings is 1. The Labute approximate surface area is 177 Å². The van der Waals surface area contributed by atoms with E-state index in [0.717, 1.165) is 56.2 Å². The molecule has 0 bridgehead atoms. The summed E-state index contributed by atoms with van der Waals surface area (Å²) in [5.41, 5.74) is 2.07. The zero-order chi connectivity index (χ0) is 20.8. The number of rotatable bonds is 8. The largest absolute Gasteiger partial charge is 0.497 e. The third-order valence-corrected chi connectivity index (χ3v) is 5.31. The van der Waals surface area contributed by atoms with Crippen molar-refractivity contribution in [3.8, 4) is 23.0 Å². The first-order valence-electron chi connectivity index (χ1n) is 10.4. The average molecular weight is 409 g/mol. The van der Waals surface area contributed by atoms with E-state index in [9.17, 15) is 0 Å². The Bertz CT molecular complexity index is 951. The topological polar surface area (TPSA) is 63.9 Å². The minimum absolute atomic E-state index is 0.497. The van der Waals surface area contributed by atoms with Gasteiger partial charge in [-0.2, -0.15) is 0 Å². The van der Waals surface area contributed by atoms with Crippen molar-refractivity contribution in [2.45, 2.75) is 13.3 Å². The SMILES string of the molecule is COc1cccc(N2CCN(CCCOc3ccccc3-c3nnc(C)o3)CC2)c1. The highest BCUT2D eigenvalue weighted by Crippen LogP contribution is 2.28. The van der Waals surface area contributed by atoms with Crippen molar-refractivity contribution in [1.82, 2.24) is 15.1 Å².